The molecule has 4 nitrogen and oxygen atoms in total. The van der Waals surface area contributed by atoms with Crippen LogP contribution in [-0.2, 0) is 6.54 Å². The summed E-state index contributed by atoms with van der Waals surface area (Å²) in [5, 5.41) is 13.1. The van der Waals surface area contributed by atoms with Crippen LogP contribution in [0.5, 0.6) is 11.5 Å². The summed E-state index contributed by atoms with van der Waals surface area (Å²) in [6.45, 7) is 4.27. The van der Waals surface area contributed by atoms with Crippen molar-refractivity contribution >= 4 is 0 Å². The summed E-state index contributed by atoms with van der Waals surface area (Å²) in [4.78, 5) is 2.47. The van der Waals surface area contributed by atoms with Crippen LogP contribution in [0.25, 0.3) is 0 Å². The number of nitrogens with zero attached hydrogens (tertiary/aromatic N) is 1. The standard InChI is InChI=1S/C15H24N2O2/c1-16-9-13-4-3-7-17(11-13)10-12-5-6-15(19-2)14(18)8-12/h5-6,8,13,16,18H,3-4,7,9-11H2,1-2H3. The van der Waals surface area contributed by atoms with Crippen molar-refractivity contribution in [1.82, 2.24) is 10.2 Å². The highest BCUT2D eigenvalue weighted by Gasteiger charge is 2.19. The number of hydrogen-bond acceptors (Lipinski definition) is 4. The number of phenolic OH excluding ortho intramolecular Hbond substituents is 1. The maximum atomic E-state index is 9.80. The van der Waals surface area contributed by atoms with Crippen LogP contribution in [0, 0.1) is 5.92 Å². The van der Waals surface area contributed by atoms with Crippen molar-refractivity contribution in [3.63, 3.8) is 0 Å². The van der Waals surface area contributed by atoms with Gasteiger partial charge in [0.2, 0.25) is 0 Å². The molecule has 1 aromatic carbocycles. The number of piperidine rings is 1. The second-order valence-corrected chi connectivity index (χ2v) is 5.31. The fourth-order valence-electron chi connectivity index (χ4n) is 2.84. The van der Waals surface area contributed by atoms with Gasteiger partial charge in [-0.15, -0.1) is 0 Å². The van der Waals surface area contributed by atoms with Crippen LogP contribution in [0.1, 0.15) is 18.4 Å². The molecule has 1 aromatic rings. The molecule has 4 heteroatoms. The lowest BCUT2D eigenvalue weighted by molar-refractivity contribution is 0.166. The Kier molecular flexibility index (Phi) is 5.05. The van der Waals surface area contributed by atoms with Crippen LogP contribution in [0.3, 0.4) is 0 Å². The molecule has 19 heavy (non-hydrogen) atoms. The van der Waals surface area contributed by atoms with Gasteiger partial charge in [-0.2, -0.15) is 0 Å². The normalized spacial score (nSPS) is 20.4. The van der Waals surface area contributed by atoms with Crippen molar-refractivity contribution in [3.05, 3.63) is 23.8 Å². The quantitative estimate of drug-likeness (QED) is 0.851. The maximum absolute atomic E-state index is 9.80. The van der Waals surface area contributed by atoms with E-state index >= 15 is 0 Å². The molecule has 0 aliphatic carbocycles. The van der Waals surface area contributed by atoms with Gasteiger partial charge in [-0.3, -0.25) is 4.90 Å². The molecule has 1 heterocycles. The van der Waals surface area contributed by atoms with E-state index in [0.29, 0.717) is 5.75 Å². The molecule has 0 aromatic heterocycles. The van der Waals surface area contributed by atoms with Crippen molar-refractivity contribution in [1.29, 1.82) is 0 Å². The average molecular weight is 264 g/mol. The topological polar surface area (TPSA) is 44.7 Å². The molecule has 0 amide bonds. The molecule has 1 aliphatic rings. The Bertz CT molecular complexity index is 407. The Hall–Kier alpha value is -1.26. The summed E-state index contributed by atoms with van der Waals surface area (Å²) in [6, 6.07) is 5.67. The predicted molar refractivity (Wildman–Crippen MR) is 76.6 cm³/mol. The van der Waals surface area contributed by atoms with Crippen LogP contribution >= 0.6 is 0 Å². The SMILES string of the molecule is CNCC1CCCN(Cc2ccc(OC)c(O)c2)C1. The summed E-state index contributed by atoms with van der Waals surface area (Å²) in [5.41, 5.74) is 1.14. The zero-order valence-electron chi connectivity index (χ0n) is 11.9. The third-order valence-corrected chi connectivity index (χ3v) is 3.75. The van der Waals surface area contributed by atoms with E-state index in [4.69, 9.17) is 4.74 Å². The van der Waals surface area contributed by atoms with Crippen LogP contribution < -0.4 is 10.1 Å². The lowest BCUT2D eigenvalue weighted by Crippen LogP contribution is -2.38. The van der Waals surface area contributed by atoms with Gasteiger partial charge in [0.1, 0.15) is 0 Å². The minimum absolute atomic E-state index is 0.226. The minimum atomic E-state index is 0.226. The highest BCUT2D eigenvalue weighted by atomic mass is 16.5. The molecule has 0 radical (unpaired) electrons. The fraction of sp³-hybridized carbons (Fsp3) is 0.600. The van der Waals surface area contributed by atoms with Crippen molar-refractivity contribution < 1.29 is 9.84 Å². The highest BCUT2D eigenvalue weighted by Crippen LogP contribution is 2.27. The van der Waals surface area contributed by atoms with E-state index in [9.17, 15) is 5.11 Å². The van der Waals surface area contributed by atoms with Crippen molar-refractivity contribution in [2.75, 3.05) is 33.8 Å². The van der Waals surface area contributed by atoms with Crippen molar-refractivity contribution in [3.8, 4) is 11.5 Å². The van der Waals surface area contributed by atoms with Crippen LogP contribution in [0.15, 0.2) is 18.2 Å². The first kappa shape index (κ1) is 14.2. The highest BCUT2D eigenvalue weighted by molar-refractivity contribution is 5.41. The number of likely N-dealkylation sites (tertiary alicyclic amines) is 1. The van der Waals surface area contributed by atoms with Gasteiger partial charge in [-0.1, -0.05) is 6.07 Å². The first-order valence-electron chi connectivity index (χ1n) is 6.95. The van der Waals surface area contributed by atoms with Crippen molar-refractivity contribution in [2.45, 2.75) is 19.4 Å². The van der Waals surface area contributed by atoms with Gasteiger partial charge in [0, 0.05) is 13.1 Å². The third kappa shape index (κ3) is 3.85. The van der Waals surface area contributed by atoms with Crippen LogP contribution in [-0.4, -0.2) is 43.8 Å². The van der Waals surface area contributed by atoms with E-state index in [1.54, 1.807) is 13.2 Å². The largest absolute Gasteiger partial charge is 0.504 e. The number of methoxy groups -OCH3 is 1. The molecule has 106 valence electrons. The summed E-state index contributed by atoms with van der Waals surface area (Å²) >= 11 is 0. The number of rotatable bonds is 5. The Labute approximate surface area is 115 Å². The zero-order chi connectivity index (χ0) is 13.7. The molecule has 1 unspecified atom stereocenters. The number of nitrogens with one attached hydrogen (secondary N) is 1. The molecular formula is C15H24N2O2. The van der Waals surface area contributed by atoms with E-state index in [2.05, 4.69) is 10.2 Å². The second-order valence-electron chi connectivity index (χ2n) is 5.31. The fourth-order valence-corrected chi connectivity index (χ4v) is 2.84. The Morgan fingerprint density at radius 2 is 2.32 bits per heavy atom. The van der Waals surface area contributed by atoms with Gasteiger partial charge < -0.3 is 15.2 Å². The molecular weight excluding hydrogens is 240 g/mol. The second kappa shape index (κ2) is 6.78. The van der Waals surface area contributed by atoms with E-state index < -0.39 is 0 Å². The number of phenols is 1. The molecule has 2 rings (SSSR count). The van der Waals surface area contributed by atoms with Gasteiger partial charge in [0.05, 0.1) is 7.11 Å². The molecule has 1 fully saturated rings. The summed E-state index contributed by atoms with van der Waals surface area (Å²) in [6.07, 6.45) is 2.57. The molecule has 1 aliphatic heterocycles. The van der Waals surface area contributed by atoms with Gasteiger partial charge in [-0.05, 0) is 56.6 Å². The monoisotopic (exact) mass is 264 g/mol. The minimum Gasteiger partial charge on any atom is -0.504 e. The lowest BCUT2D eigenvalue weighted by Gasteiger charge is -2.32. The molecule has 2 N–H and O–H groups in total. The first-order chi connectivity index (χ1) is 9.22. The third-order valence-electron chi connectivity index (χ3n) is 3.75. The first-order valence-corrected chi connectivity index (χ1v) is 6.95. The Morgan fingerprint density at radius 1 is 1.47 bits per heavy atom. The average Bonchev–Trinajstić information content (AvgIpc) is 2.40. The summed E-state index contributed by atoms with van der Waals surface area (Å²) < 4.78 is 5.07. The molecule has 1 atom stereocenters. The Balaban J connectivity index is 1.94. The zero-order valence-corrected chi connectivity index (χ0v) is 11.9. The number of hydrogen-bond donors (Lipinski definition) is 2. The van der Waals surface area contributed by atoms with E-state index in [0.717, 1.165) is 37.7 Å². The van der Waals surface area contributed by atoms with Crippen LogP contribution in [0.4, 0.5) is 0 Å². The van der Waals surface area contributed by atoms with Gasteiger partial charge in [0.15, 0.2) is 11.5 Å². The van der Waals surface area contributed by atoms with Crippen molar-refractivity contribution in [2.24, 2.45) is 5.92 Å². The number of ether oxygens (including phenoxy) is 1. The summed E-state index contributed by atoms with van der Waals surface area (Å²) in [5.74, 6) is 1.50. The van der Waals surface area contributed by atoms with E-state index in [1.165, 1.54) is 12.8 Å². The molecule has 0 spiro atoms. The van der Waals surface area contributed by atoms with Gasteiger partial charge >= 0.3 is 0 Å². The number of benzene rings is 1. The van der Waals surface area contributed by atoms with Crippen LogP contribution in [0.2, 0.25) is 0 Å². The number of aromatic hydroxyl groups is 1. The maximum Gasteiger partial charge on any atom is 0.160 e. The predicted octanol–water partition coefficient (Wildman–Crippen LogP) is 1.83. The lowest BCUT2D eigenvalue weighted by atomic mass is 9.97. The van der Waals surface area contributed by atoms with Gasteiger partial charge in [0.25, 0.3) is 0 Å². The summed E-state index contributed by atoms with van der Waals surface area (Å²) in [7, 11) is 3.59. The van der Waals surface area contributed by atoms with E-state index in [-0.39, 0.29) is 5.75 Å². The smallest absolute Gasteiger partial charge is 0.160 e. The molecule has 0 saturated carbocycles. The van der Waals surface area contributed by atoms with E-state index in [1.807, 2.05) is 19.2 Å². The van der Waals surface area contributed by atoms with Gasteiger partial charge in [-0.25, -0.2) is 0 Å². The molecule has 1 saturated heterocycles. The Morgan fingerprint density at radius 3 is 3.00 bits per heavy atom. The molecule has 0 bridgehead atoms.